The maximum absolute atomic E-state index is 12.1. The fourth-order valence-corrected chi connectivity index (χ4v) is 5.36. The average molecular weight is 466 g/mol. The van der Waals surface area contributed by atoms with Crippen LogP contribution in [-0.2, 0) is 24.2 Å². The molecule has 1 aromatic heterocycles. The number of carbonyl (C=O) groups excluding carboxylic acids is 1. The van der Waals surface area contributed by atoms with Gasteiger partial charge >= 0.3 is 0 Å². The number of ether oxygens (including phenoxy) is 1. The first-order valence-corrected chi connectivity index (χ1v) is 12.7. The number of rotatable bonds is 9. The van der Waals surface area contributed by atoms with Crippen LogP contribution in [0.5, 0.6) is 5.75 Å². The maximum Gasteiger partial charge on any atom is 0.257 e. The van der Waals surface area contributed by atoms with Gasteiger partial charge in [-0.2, -0.15) is 0 Å². The minimum atomic E-state index is -0.124. The smallest absolute Gasteiger partial charge is 0.257 e. The summed E-state index contributed by atoms with van der Waals surface area (Å²) in [5.74, 6) is 2.59. The first kappa shape index (κ1) is 24.5. The van der Waals surface area contributed by atoms with Crippen LogP contribution in [0.25, 0.3) is 0 Å². The number of hydrogen-bond donors (Lipinski definition) is 1. The molecule has 2 aliphatic rings. The Kier molecular flexibility index (Phi) is 8.03. The molecule has 184 valence electrons. The molecule has 1 amide bonds. The number of carbonyl (C=O) groups is 1. The van der Waals surface area contributed by atoms with Crippen LogP contribution in [0.4, 0.5) is 0 Å². The van der Waals surface area contributed by atoms with Crippen LogP contribution in [-0.4, -0.2) is 58.4 Å². The van der Waals surface area contributed by atoms with Crippen molar-refractivity contribution in [2.75, 3.05) is 32.8 Å². The predicted molar refractivity (Wildman–Crippen MR) is 134 cm³/mol. The molecule has 2 aromatic rings. The van der Waals surface area contributed by atoms with Gasteiger partial charge in [0, 0.05) is 45.6 Å². The SMILES string of the molecule is CC1=C(CCN2CCc3nnc(CCNC(=O)COc4ccccc4)n3CC2)C(C)(C)CCC1. The standard InChI is InChI=1S/C27H39N5O2/c1-21-8-7-14-27(2,3)23(21)12-16-31-17-13-25-30-29-24(32(25)19-18-31)11-15-28-26(33)20-34-22-9-5-4-6-10-22/h4-6,9-10H,7-8,11-20H2,1-3H3,(H,28,33). The third-order valence-corrected chi connectivity index (χ3v) is 7.34. The molecule has 7 heteroatoms. The van der Waals surface area contributed by atoms with Crippen LogP contribution in [0.3, 0.4) is 0 Å². The van der Waals surface area contributed by atoms with E-state index in [1.54, 1.807) is 11.1 Å². The van der Waals surface area contributed by atoms with Crippen LogP contribution in [0.15, 0.2) is 41.5 Å². The zero-order valence-electron chi connectivity index (χ0n) is 21.0. The maximum atomic E-state index is 12.1. The summed E-state index contributed by atoms with van der Waals surface area (Å²) in [6.45, 7) is 11.8. The molecule has 0 unspecified atom stereocenters. The number of allylic oxidation sites excluding steroid dienone is 1. The summed E-state index contributed by atoms with van der Waals surface area (Å²) in [5, 5.41) is 11.8. The summed E-state index contributed by atoms with van der Waals surface area (Å²) in [4.78, 5) is 14.7. The van der Waals surface area contributed by atoms with E-state index in [0.29, 0.717) is 24.1 Å². The van der Waals surface area contributed by atoms with Crippen molar-refractivity contribution in [2.24, 2.45) is 5.41 Å². The Labute approximate surface area is 203 Å². The summed E-state index contributed by atoms with van der Waals surface area (Å²) in [5.41, 5.74) is 3.63. The molecule has 0 fully saturated rings. The Morgan fingerprint density at radius 3 is 2.71 bits per heavy atom. The van der Waals surface area contributed by atoms with E-state index in [1.165, 1.54) is 25.7 Å². The van der Waals surface area contributed by atoms with Gasteiger partial charge < -0.3 is 19.5 Å². The molecule has 0 radical (unpaired) electrons. The van der Waals surface area contributed by atoms with E-state index in [1.807, 2.05) is 30.3 Å². The second-order valence-electron chi connectivity index (χ2n) is 10.2. The summed E-state index contributed by atoms with van der Waals surface area (Å²) in [6, 6.07) is 9.39. The van der Waals surface area contributed by atoms with E-state index in [0.717, 1.165) is 44.2 Å². The van der Waals surface area contributed by atoms with Crippen molar-refractivity contribution in [3.63, 3.8) is 0 Å². The summed E-state index contributed by atoms with van der Waals surface area (Å²) in [7, 11) is 0. The van der Waals surface area contributed by atoms with Gasteiger partial charge in [0.1, 0.15) is 17.4 Å². The first-order chi connectivity index (χ1) is 16.4. The highest BCUT2D eigenvalue weighted by Crippen LogP contribution is 2.41. The lowest BCUT2D eigenvalue weighted by Crippen LogP contribution is -2.32. The van der Waals surface area contributed by atoms with Crippen LogP contribution in [0.1, 0.15) is 58.1 Å². The fourth-order valence-electron chi connectivity index (χ4n) is 5.36. The van der Waals surface area contributed by atoms with Crippen molar-refractivity contribution >= 4 is 5.91 Å². The Morgan fingerprint density at radius 2 is 1.91 bits per heavy atom. The molecule has 0 bridgehead atoms. The second-order valence-corrected chi connectivity index (χ2v) is 10.2. The lowest BCUT2D eigenvalue weighted by Gasteiger charge is -2.35. The Morgan fingerprint density at radius 1 is 1.09 bits per heavy atom. The van der Waals surface area contributed by atoms with E-state index in [4.69, 9.17) is 4.74 Å². The van der Waals surface area contributed by atoms with E-state index in [2.05, 4.69) is 45.8 Å². The number of amides is 1. The van der Waals surface area contributed by atoms with Gasteiger partial charge in [-0.3, -0.25) is 4.79 Å². The molecule has 1 aliphatic heterocycles. The molecule has 0 saturated carbocycles. The van der Waals surface area contributed by atoms with Gasteiger partial charge in [0.2, 0.25) is 0 Å². The first-order valence-electron chi connectivity index (χ1n) is 12.7. The number of fused-ring (bicyclic) bond motifs is 1. The summed E-state index contributed by atoms with van der Waals surface area (Å²) < 4.78 is 7.76. The molecular formula is C27H39N5O2. The zero-order chi connectivity index (χ0) is 24.0. The molecule has 4 rings (SSSR count). The molecule has 0 spiro atoms. The molecule has 34 heavy (non-hydrogen) atoms. The molecule has 0 saturated heterocycles. The summed E-state index contributed by atoms with van der Waals surface area (Å²) >= 11 is 0. The van der Waals surface area contributed by atoms with Crippen molar-refractivity contribution in [1.82, 2.24) is 25.0 Å². The molecule has 1 aliphatic carbocycles. The Hall–Kier alpha value is -2.67. The molecule has 1 N–H and O–H groups in total. The minimum Gasteiger partial charge on any atom is -0.484 e. The molecule has 1 aromatic carbocycles. The van der Waals surface area contributed by atoms with Gasteiger partial charge in [0.05, 0.1) is 0 Å². The lowest BCUT2D eigenvalue weighted by atomic mass is 9.71. The third kappa shape index (κ3) is 6.26. The topological polar surface area (TPSA) is 72.3 Å². The van der Waals surface area contributed by atoms with Crippen molar-refractivity contribution in [3.8, 4) is 5.75 Å². The fraction of sp³-hybridized carbons (Fsp3) is 0.593. The van der Waals surface area contributed by atoms with Gasteiger partial charge in [0.25, 0.3) is 5.91 Å². The van der Waals surface area contributed by atoms with Crippen molar-refractivity contribution in [1.29, 1.82) is 0 Å². The normalized spacial score (nSPS) is 18.3. The van der Waals surface area contributed by atoms with Crippen molar-refractivity contribution < 1.29 is 9.53 Å². The molecule has 0 atom stereocenters. The number of aromatic nitrogens is 3. The largest absolute Gasteiger partial charge is 0.484 e. The number of nitrogens with one attached hydrogen (secondary N) is 1. The van der Waals surface area contributed by atoms with Crippen LogP contribution >= 0.6 is 0 Å². The zero-order valence-corrected chi connectivity index (χ0v) is 21.0. The Bertz CT molecular complexity index is 996. The second kappa shape index (κ2) is 11.2. The number of nitrogens with zero attached hydrogens (tertiary/aromatic N) is 4. The van der Waals surface area contributed by atoms with E-state index in [-0.39, 0.29) is 12.5 Å². The Balaban J connectivity index is 1.23. The number of benzene rings is 1. The van der Waals surface area contributed by atoms with Crippen LogP contribution in [0.2, 0.25) is 0 Å². The monoisotopic (exact) mass is 465 g/mol. The highest BCUT2D eigenvalue weighted by Gasteiger charge is 2.28. The van der Waals surface area contributed by atoms with Gasteiger partial charge in [-0.05, 0) is 50.2 Å². The van der Waals surface area contributed by atoms with Crippen molar-refractivity contribution in [2.45, 2.75) is 65.8 Å². The average Bonchev–Trinajstić information content (AvgIpc) is 3.08. The minimum absolute atomic E-state index is 0.0175. The van der Waals surface area contributed by atoms with Gasteiger partial charge in [0.15, 0.2) is 6.61 Å². The number of para-hydroxylation sites is 1. The summed E-state index contributed by atoms with van der Waals surface area (Å²) in [6.07, 6.45) is 6.65. The van der Waals surface area contributed by atoms with Crippen LogP contribution < -0.4 is 10.1 Å². The van der Waals surface area contributed by atoms with E-state index in [9.17, 15) is 4.79 Å². The van der Waals surface area contributed by atoms with E-state index < -0.39 is 0 Å². The van der Waals surface area contributed by atoms with Crippen LogP contribution in [0, 0.1) is 5.41 Å². The van der Waals surface area contributed by atoms with Gasteiger partial charge in [-0.15, -0.1) is 10.2 Å². The highest BCUT2D eigenvalue weighted by atomic mass is 16.5. The molecule has 7 nitrogen and oxygen atoms in total. The highest BCUT2D eigenvalue weighted by molar-refractivity contribution is 5.77. The molecular weight excluding hydrogens is 426 g/mol. The number of hydrogen-bond acceptors (Lipinski definition) is 5. The van der Waals surface area contributed by atoms with Gasteiger partial charge in [-0.25, -0.2) is 0 Å². The van der Waals surface area contributed by atoms with Crippen molar-refractivity contribution in [3.05, 3.63) is 53.1 Å². The predicted octanol–water partition coefficient (Wildman–Crippen LogP) is 3.79. The van der Waals surface area contributed by atoms with Gasteiger partial charge in [-0.1, -0.05) is 43.2 Å². The lowest BCUT2D eigenvalue weighted by molar-refractivity contribution is -0.123. The quantitative estimate of drug-likeness (QED) is 0.571. The molecule has 2 heterocycles. The van der Waals surface area contributed by atoms with E-state index >= 15 is 0 Å². The third-order valence-electron chi connectivity index (χ3n) is 7.34.